The Morgan fingerprint density at radius 2 is 2.29 bits per heavy atom. The minimum atomic E-state index is -3.63. The molecular formula is C14H23N3O3S. The summed E-state index contributed by atoms with van der Waals surface area (Å²) < 4.78 is 26.9. The smallest absolute Gasteiger partial charge is 0.246 e. The number of piperidine rings is 1. The molecule has 0 saturated carbocycles. The molecule has 2 heterocycles. The van der Waals surface area contributed by atoms with Gasteiger partial charge in [0.25, 0.3) is 0 Å². The molecule has 1 saturated heterocycles. The molecule has 2 atom stereocenters. The third-order valence-corrected chi connectivity index (χ3v) is 5.74. The number of hydrogen-bond acceptors (Lipinski definition) is 5. The fourth-order valence-corrected chi connectivity index (χ4v) is 3.95. The van der Waals surface area contributed by atoms with Crippen molar-refractivity contribution in [3.63, 3.8) is 0 Å². The first-order valence-electron chi connectivity index (χ1n) is 7.33. The van der Waals surface area contributed by atoms with Gasteiger partial charge in [0.2, 0.25) is 10.0 Å². The summed E-state index contributed by atoms with van der Waals surface area (Å²) in [5, 5.41) is 13.1. The van der Waals surface area contributed by atoms with E-state index in [9.17, 15) is 13.5 Å². The Bertz CT molecular complexity index is 577. The number of nitrogens with zero attached hydrogens (tertiary/aromatic N) is 2. The highest BCUT2D eigenvalue weighted by atomic mass is 32.2. The van der Waals surface area contributed by atoms with Gasteiger partial charge in [-0.15, -0.1) is 0 Å². The normalized spacial score (nSPS) is 24.0. The summed E-state index contributed by atoms with van der Waals surface area (Å²) in [5.74, 6) is 0.128. The van der Waals surface area contributed by atoms with Crippen molar-refractivity contribution in [1.29, 1.82) is 0 Å². The Morgan fingerprint density at radius 3 is 2.95 bits per heavy atom. The zero-order valence-corrected chi connectivity index (χ0v) is 13.3. The number of β-amino-alcohol motifs (C(OH)–C–C–N with tert-alkyl or cyclic N) is 1. The molecule has 7 heteroatoms. The van der Waals surface area contributed by atoms with Gasteiger partial charge in [-0.2, -0.15) is 4.31 Å². The lowest BCUT2D eigenvalue weighted by Crippen LogP contribution is -2.45. The summed E-state index contributed by atoms with van der Waals surface area (Å²) in [5.41, 5.74) is 0.569. The second-order valence-corrected chi connectivity index (χ2v) is 7.40. The van der Waals surface area contributed by atoms with Crippen LogP contribution in [0.25, 0.3) is 0 Å². The average Bonchev–Trinajstić information content (AvgIpc) is 2.48. The predicted octanol–water partition coefficient (Wildman–Crippen LogP) is 1.29. The van der Waals surface area contributed by atoms with Crippen LogP contribution in [0.5, 0.6) is 0 Å². The van der Waals surface area contributed by atoms with Crippen molar-refractivity contribution in [3.8, 4) is 0 Å². The van der Waals surface area contributed by atoms with E-state index in [4.69, 9.17) is 0 Å². The summed E-state index contributed by atoms with van der Waals surface area (Å²) in [7, 11) is -3.63. The molecule has 0 bridgehead atoms. The van der Waals surface area contributed by atoms with Gasteiger partial charge in [-0.05, 0) is 24.8 Å². The third kappa shape index (κ3) is 3.53. The standard InChI is InChI=1S/C14H23N3O3S/c1-3-6-16-12-4-7-15-9-14(12)21(19,20)17-8-5-11(2)13(18)10-17/h4,7,9,11,13,18H,3,5-6,8,10H2,1-2H3,(H,15,16). The zero-order chi connectivity index (χ0) is 15.5. The predicted molar refractivity (Wildman–Crippen MR) is 81.6 cm³/mol. The maximum absolute atomic E-state index is 12.8. The number of nitrogens with one attached hydrogen (secondary N) is 1. The van der Waals surface area contributed by atoms with E-state index in [1.807, 2.05) is 13.8 Å². The van der Waals surface area contributed by atoms with Crippen LogP contribution in [0.4, 0.5) is 5.69 Å². The lowest BCUT2D eigenvalue weighted by atomic mass is 9.98. The quantitative estimate of drug-likeness (QED) is 0.856. The number of aliphatic hydroxyl groups is 1. The van der Waals surface area contributed by atoms with E-state index < -0.39 is 16.1 Å². The number of aliphatic hydroxyl groups excluding tert-OH is 1. The van der Waals surface area contributed by atoms with Crippen molar-refractivity contribution >= 4 is 15.7 Å². The Kier molecular flexibility index (Phi) is 5.18. The fourth-order valence-electron chi connectivity index (χ4n) is 2.37. The largest absolute Gasteiger partial charge is 0.391 e. The van der Waals surface area contributed by atoms with Gasteiger partial charge in [-0.1, -0.05) is 13.8 Å². The van der Waals surface area contributed by atoms with E-state index in [2.05, 4.69) is 10.3 Å². The molecule has 118 valence electrons. The molecule has 0 radical (unpaired) electrons. The first-order chi connectivity index (χ1) is 9.96. The lowest BCUT2D eigenvalue weighted by Gasteiger charge is -2.33. The summed E-state index contributed by atoms with van der Waals surface area (Å²) in [4.78, 5) is 4.12. The molecule has 1 aromatic heterocycles. The number of rotatable bonds is 5. The van der Waals surface area contributed by atoms with Gasteiger partial charge >= 0.3 is 0 Å². The van der Waals surface area contributed by atoms with Gasteiger partial charge in [-0.25, -0.2) is 8.42 Å². The molecule has 0 spiro atoms. The molecule has 2 N–H and O–H groups in total. The van der Waals surface area contributed by atoms with Crippen molar-refractivity contribution in [1.82, 2.24) is 9.29 Å². The summed E-state index contributed by atoms with van der Waals surface area (Å²) in [6.07, 6.45) is 3.90. The Hall–Kier alpha value is -1.18. The van der Waals surface area contributed by atoms with Crippen LogP contribution >= 0.6 is 0 Å². The van der Waals surface area contributed by atoms with Gasteiger partial charge in [-0.3, -0.25) is 4.98 Å². The molecule has 1 fully saturated rings. The van der Waals surface area contributed by atoms with Crippen molar-refractivity contribution in [2.45, 2.75) is 37.7 Å². The zero-order valence-electron chi connectivity index (χ0n) is 12.5. The maximum Gasteiger partial charge on any atom is 0.246 e. The van der Waals surface area contributed by atoms with Gasteiger partial charge in [0.1, 0.15) is 4.90 Å². The molecule has 1 aliphatic rings. The molecule has 0 amide bonds. The van der Waals surface area contributed by atoms with Crippen LogP contribution < -0.4 is 5.32 Å². The number of pyridine rings is 1. The van der Waals surface area contributed by atoms with Gasteiger partial charge < -0.3 is 10.4 Å². The first-order valence-corrected chi connectivity index (χ1v) is 8.77. The van der Waals surface area contributed by atoms with Crippen molar-refractivity contribution in [3.05, 3.63) is 18.5 Å². The van der Waals surface area contributed by atoms with Crippen molar-refractivity contribution in [2.24, 2.45) is 5.92 Å². The van der Waals surface area contributed by atoms with Crippen LogP contribution in [0, 0.1) is 5.92 Å². The van der Waals surface area contributed by atoms with E-state index in [-0.39, 0.29) is 17.4 Å². The monoisotopic (exact) mass is 313 g/mol. The number of sulfonamides is 1. The van der Waals surface area contributed by atoms with E-state index in [1.54, 1.807) is 12.3 Å². The van der Waals surface area contributed by atoms with E-state index in [0.29, 0.717) is 25.2 Å². The molecule has 1 aromatic rings. The van der Waals surface area contributed by atoms with Crippen LogP contribution in [-0.2, 0) is 10.0 Å². The number of anilines is 1. The van der Waals surface area contributed by atoms with E-state index in [1.165, 1.54) is 10.5 Å². The van der Waals surface area contributed by atoms with E-state index in [0.717, 1.165) is 6.42 Å². The molecular weight excluding hydrogens is 290 g/mol. The SMILES string of the molecule is CCCNc1ccncc1S(=O)(=O)N1CCC(C)C(O)C1. The maximum atomic E-state index is 12.8. The Morgan fingerprint density at radius 1 is 1.52 bits per heavy atom. The van der Waals surface area contributed by atoms with Gasteiger partial charge in [0.05, 0.1) is 11.8 Å². The molecule has 6 nitrogen and oxygen atoms in total. The summed E-state index contributed by atoms with van der Waals surface area (Å²) in [6.45, 7) is 5.23. The third-order valence-electron chi connectivity index (χ3n) is 3.85. The molecule has 2 unspecified atom stereocenters. The summed E-state index contributed by atoms with van der Waals surface area (Å²) >= 11 is 0. The molecule has 0 aromatic carbocycles. The Labute approximate surface area is 126 Å². The molecule has 0 aliphatic carbocycles. The highest BCUT2D eigenvalue weighted by Crippen LogP contribution is 2.27. The Balaban J connectivity index is 2.27. The second-order valence-electron chi connectivity index (χ2n) is 5.49. The van der Waals surface area contributed by atoms with Crippen molar-refractivity contribution < 1.29 is 13.5 Å². The topological polar surface area (TPSA) is 82.5 Å². The van der Waals surface area contributed by atoms with Crippen molar-refractivity contribution in [2.75, 3.05) is 25.0 Å². The highest BCUT2D eigenvalue weighted by Gasteiger charge is 2.34. The van der Waals surface area contributed by atoms with Crippen LogP contribution in [-0.4, -0.2) is 48.6 Å². The van der Waals surface area contributed by atoms with Crippen LogP contribution in [0.15, 0.2) is 23.4 Å². The first kappa shape index (κ1) is 16.2. The minimum absolute atomic E-state index is 0.128. The number of aromatic nitrogens is 1. The highest BCUT2D eigenvalue weighted by molar-refractivity contribution is 7.89. The van der Waals surface area contributed by atoms with Crippen LogP contribution in [0.3, 0.4) is 0 Å². The molecule has 21 heavy (non-hydrogen) atoms. The van der Waals surface area contributed by atoms with Gasteiger partial charge in [0, 0.05) is 32.0 Å². The van der Waals surface area contributed by atoms with Crippen LogP contribution in [0.2, 0.25) is 0 Å². The second kappa shape index (κ2) is 6.72. The van der Waals surface area contributed by atoms with E-state index >= 15 is 0 Å². The minimum Gasteiger partial charge on any atom is -0.391 e. The summed E-state index contributed by atoms with van der Waals surface area (Å²) in [6, 6.07) is 1.67. The lowest BCUT2D eigenvalue weighted by molar-refractivity contribution is 0.0605. The molecule has 1 aliphatic heterocycles. The fraction of sp³-hybridized carbons (Fsp3) is 0.643. The number of hydrogen-bond donors (Lipinski definition) is 2. The average molecular weight is 313 g/mol. The van der Waals surface area contributed by atoms with Crippen LogP contribution in [0.1, 0.15) is 26.7 Å². The molecule has 2 rings (SSSR count). The van der Waals surface area contributed by atoms with Gasteiger partial charge in [0.15, 0.2) is 0 Å².